The van der Waals surface area contributed by atoms with Crippen LogP contribution in [-0.4, -0.2) is 52.5 Å². The number of rotatable bonds is 7. The number of nitrogens with two attached hydrogens (primary N) is 1. The molecule has 0 aromatic carbocycles. The number of sulfonamides is 2. The van der Waals surface area contributed by atoms with Gasteiger partial charge < -0.3 is 5.43 Å². The maximum Gasteiger partial charge on any atom is 0.242 e. The maximum atomic E-state index is 11.9. The third kappa shape index (κ3) is 4.38. The van der Waals surface area contributed by atoms with E-state index in [9.17, 15) is 16.8 Å². The van der Waals surface area contributed by atoms with E-state index in [0.717, 1.165) is 10.5 Å². The third-order valence-electron chi connectivity index (χ3n) is 2.40. The van der Waals surface area contributed by atoms with Gasteiger partial charge in [-0.3, -0.25) is 0 Å². The molecule has 20 heavy (non-hydrogen) atoms. The first-order valence-corrected chi connectivity index (χ1v) is 8.61. The second-order valence-corrected chi connectivity index (χ2v) is 8.09. The number of aromatic nitrogens is 1. The summed E-state index contributed by atoms with van der Waals surface area (Å²) >= 11 is 0. The molecule has 0 atom stereocenters. The van der Waals surface area contributed by atoms with Gasteiger partial charge in [0.25, 0.3) is 0 Å². The Morgan fingerprint density at radius 3 is 2.35 bits per heavy atom. The molecule has 0 bridgehead atoms. The Bertz CT molecular complexity index is 639. The molecule has 1 heterocycles. The minimum atomic E-state index is -3.80. The Kier molecular flexibility index (Phi) is 5.42. The average molecular weight is 323 g/mol. The Labute approximate surface area is 118 Å². The fraction of sp³-hybridized carbons (Fsp3) is 0.444. The number of nitrogen functional groups attached to an aromatic ring is 1. The number of hydrogen-bond donors (Lipinski definition) is 3. The topological polar surface area (TPSA) is 134 Å². The second-order valence-electron chi connectivity index (χ2n) is 4.02. The van der Waals surface area contributed by atoms with Crippen molar-refractivity contribution in [3.63, 3.8) is 0 Å². The molecule has 0 aliphatic heterocycles. The summed E-state index contributed by atoms with van der Waals surface area (Å²) in [5.74, 6) is 5.11. The van der Waals surface area contributed by atoms with Crippen molar-refractivity contribution in [2.45, 2.75) is 4.90 Å². The summed E-state index contributed by atoms with van der Waals surface area (Å²) in [6.07, 6.45) is 1.12. The van der Waals surface area contributed by atoms with E-state index in [-0.39, 0.29) is 17.2 Å². The number of hydrogen-bond acceptors (Lipinski definition) is 7. The summed E-state index contributed by atoms with van der Waals surface area (Å²) in [7, 11) is -4.48. The van der Waals surface area contributed by atoms with Gasteiger partial charge in [0, 0.05) is 26.8 Å². The van der Waals surface area contributed by atoms with Gasteiger partial charge in [-0.1, -0.05) is 0 Å². The molecule has 4 N–H and O–H groups in total. The van der Waals surface area contributed by atoms with Crippen LogP contribution in [0.2, 0.25) is 0 Å². The van der Waals surface area contributed by atoms with Crippen molar-refractivity contribution >= 4 is 25.9 Å². The molecule has 1 rings (SSSR count). The summed E-state index contributed by atoms with van der Waals surface area (Å²) in [5.41, 5.74) is 2.27. The first-order chi connectivity index (χ1) is 9.19. The molecule has 0 saturated carbocycles. The second kappa shape index (κ2) is 6.45. The fourth-order valence-corrected chi connectivity index (χ4v) is 3.03. The zero-order valence-corrected chi connectivity index (χ0v) is 12.7. The highest BCUT2D eigenvalue weighted by Gasteiger charge is 2.18. The van der Waals surface area contributed by atoms with Gasteiger partial charge in [0.05, 0.1) is 5.75 Å². The zero-order valence-electron chi connectivity index (χ0n) is 11.1. The number of hydrazine groups is 1. The van der Waals surface area contributed by atoms with E-state index >= 15 is 0 Å². The lowest BCUT2D eigenvalue weighted by molar-refractivity contribution is 0.519. The molecule has 0 unspecified atom stereocenters. The van der Waals surface area contributed by atoms with Crippen molar-refractivity contribution in [1.82, 2.24) is 14.0 Å². The molecular weight excluding hydrogens is 306 g/mol. The largest absolute Gasteiger partial charge is 0.308 e. The molecule has 0 saturated heterocycles. The van der Waals surface area contributed by atoms with Gasteiger partial charge in [-0.05, 0) is 12.1 Å². The summed E-state index contributed by atoms with van der Waals surface area (Å²) in [6, 6.07) is 2.70. The standard InChI is InChI=1S/C9H17N5O4S2/c1-14(2)19(15,16)6-5-12-20(17,18)8-3-4-9(13-10)11-7-8/h3-4,7,12H,5-6,10H2,1-2H3,(H,11,13). The van der Waals surface area contributed by atoms with Gasteiger partial charge in [0.15, 0.2) is 0 Å². The van der Waals surface area contributed by atoms with E-state index in [4.69, 9.17) is 5.84 Å². The lowest BCUT2D eigenvalue weighted by Crippen LogP contribution is -2.34. The van der Waals surface area contributed by atoms with Crippen molar-refractivity contribution < 1.29 is 16.8 Å². The van der Waals surface area contributed by atoms with E-state index in [1.165, 1.54) is 26.2 Å². The van der Waals surface area contributed by atoms with Crippen LogP contribution in [0.1, 0.15) is 0 Å². The molecule has 1 aromatic rings. The highest BCUT2D eigenvalue weighted by molar-refractivity contribution is 7.90. The smallest absolute Gasteiger partial charge is 0.242 e. The quantitative estimate of drug-likeness (QED) is 0.412. The van der Waals surface area contributed by atoms with E-state index in [2.05, 4.69) is 15.1 Å². The number of nitrogens with zero attached hydrogens (tertiary/aromatic N) is 2. The van der Waals surface area contributed by atoms with Crippen LogP contribution in [0.4, 0.5) is 5.82 Å². The molecule has 0 aliphatic rings. The SMILES string of the molecule is CN(C)S(=O)(=O)CCNS(=O)(=O)c1ccc(NN)nc1. The van der Waals surface area contributed by atoms with Gasteiger partial charge in [-0.25, -0.2) is 36.7 Å². The molecular formula is C9H17N5O4S2. The van der Waals surface area contributed by atoms with Crippen LogP contribution in [-0.2, 0) is 20.0 Å². The van der Waals surface area contributed by atoms with Gasteiger partial charge in [0.2, 0.25) is 20.0 Å². The van der Waals surface area contributed by atoms with Crippen LogP contribution in [0.15, 0.2) is 23.2 Å². The first-order valence-electron chi connectivity index (χ1n) is 5.51. The van der Waals surface area contributed by atoms with Crippen LogP contribution in [0, 0.1) is 0 Å². The summed E-state index contributed by atoms with van der Waals surface area (Å²) in [5, 5.41) is 0. The van der Waals surface area contributed by atoms with Crippen molar-refractivity contribution in [3.05, 3.63) is 18.3 Å². The van der Waals surface area contributed by atoms with Crippen molar-refractivity contribution in [2.24, 2.45) is 5.84 Å². The lowest BCUT2D eigenvalue weighted by Gasteiger charge is -2.11. The van der Waals surface area contributed by atoms with Crippen molar-refractivity contribution in [2.75, 3.05) is 31.8 Å². The van der Waals surface area contributed by atoms with E-state index in [1.807, 2.05) is 0 Å². The minimum absolute atomic E-state index is 0.0706. The Balaban J connectivity index is 2.71. The minimum Gasteiger partial charge on any atom is -0.308 e. The van der Waals surface area contributed by atoms with Crippen LogP contribution in [0.25, 0.3) is 0 Å². The molecule has 0 amide bonds. The van der Waals surface area contributed by atoms with Crippen molar-refractivity contribution in [3.8, 4) is 0 Å². The van der Waals surface area contributed by atoms with Crippen molar-refractivity contribution in [1.29, 1.82) is 0 Å². The van der Waals surface area contributed by atoms with Gasteiger partial charge in [-0.2, -0.15) is 0 Å². The highest BCUT2D eigenvalue weighted by atomic mass is 32.2. The predicted molar refractivity (Wildman–Crippen MR) is 74.7 cm³/mol. The molecule has 0 spiro atoms. The number of anilines is 1. The van der Waals surface area contributed by atoms with Crippen LogP contribution in [0.3, 0.4) is 0 Å². The Morgan fingerprint density at radius 1 is 1.25 bits per heavy atom. The summed E-state index contributed by atoms with van der Waals surface area (Å²) in [6.45, 7) is -0.222. The summed E-state index contributed by atoms with van der Waals surface area (Å²) in [4.78, 5) is 3.70. The van der Waals surface area contributed by atoms with Crippen LogP contribution < -0.4 is 16.0 Å². The number of pyridine rings is 1. The molecule has 9 nitrogen and oxygen atoms in total. The molecule has 0 fully saturated rings. The Hall–Kier alpha value is -1.27. The van der Waals surface area contributed by atoms with E-state index in [1.54, 1.807) is 0 Å². The highest BCUT2D eigenvalue weighted by Crippen LogP contribution is 2.09. The fourth-order valence-electron chi connectivity index (χ4n) is 1.20. The molecule has 11 heteroatoms. The van der Waals surface area contributed by atoms with Gasteiger partial charge in [-0.15, -0.1) is 0 Å². The molecule has 114 valence electrons. The normalized spacial score (nSPS) is 12.6. The average Bonchev–Trinajstić information content (AvgIpc) is 2.38. The monoisotopic (exact) mass is 323 g/mol. The van der Waals surface area contributed by atoms with E-state index in [0.29, 0.717) is 5.82 Å². The van der Waals surface area contributed by atoms with Gasteiger partial charge in [0.1, 0.15) is 10.7 Å². The zero-order chi connectivity index (χ0) is 15.4. The Morgan fingerprint density at radius 2 is 1.90 bits per heavy atom. The third-order valence-corrected chi connectivity index (χ3v) is 5.68. The van der Waals surface area contributed by atoms with Crippen LogP contribution in [0.5, 0.6) is 0 Å². The van der Waals surface area contributed by atoms with E-state index < -0.39 is 20.0 Å². The summed E-state index contributed by atoms with van der Waals surface area (Å²) < 4.78 is 50.0. The lowest BCUT2D eigenvalue weighted by atomic mass is 10.5. The predicted octanol–water partition coefficient (Wildman–Crippen LogP) is -1.46. The maximum absolute atomic E-state index is 11.9. The number of nitrogens with one attached hydrogen (secondary N) is 2. The molecule has 0 radical (unpaired) electrons. The van der Waals surface area contributed by atoms with Crippen LogP contribution >= 0.6 is 0 Å². The first kappa shape index (κ1) is 16.8. The van der Waals surface area contributed by atoms with Gasteiger partial charge >= 0.3 is 0 Å². The molecule has 0 aliphatic carbocycles. The molecule has 1 aromatic heterocycles.